The Morgan fingerprint density at radius 2 is 2.00 bits per heavy atom. The molecule has 0 saturated carbocycles. The van der Waals surface area contributed by atoms with Gasteiger partial charge in [0.15, 0.2) is 6.27 Å². The molecule has 1 rings (SSSR count). The Labute approximate surface area is 80.0 Å². The molecule has 1 saturated heterocycles. The normalized spacial score (nSPS) is 90.7. The van der Waals surface area contributed by atoms with E-state index in [9.17, 15) is 20.4 Å². The van der Waals surface area contributed by atoms with Gasteiger partial charge in [-0.05, 0) is 0 Å². The predicted molar refractivity (Wildman–Crippen MR) is 36.0 cm³/mol. The van der Waals surface area contributed by atoms with Crippen molar-refractivity contribution in [2.24, 2.45) is 0 Å². The van der Waals surface area contributed by atoms with E-state index in [2.05, 4.69) is 9.85 Å². The van der Waals surface area contributed by atoms with Crippen molar-refractivity contribution >= 4 is 0 Å². The molecule has 1 fully saturated rings. The largest absolute Gasteiger partial charge is 0.394 e. The van der Waals surface area contributed by atoms with Crippen LogP contribution >= 0.6 is 0 Å². The van der Waals surface area contributed by atoms with Crippen LogP contribution in [0.5, 0.6) is 0 Å². The second-order valence-electron chi connectivity index (χ2n) is 1.88. The number of aliphatic hydroxyl groups is 5. The summed E-state index contributed by atoms with van der Waals surface area (Å²) in [5, 5.41) is 41.5. The fraction of sp³-hybridized carbons (Fsp3) is 1.00. The van der Waals surface area contributed by atoms with Crippen molar-refractivity contribution in [2.45, 2.75) is 30.6 Å². The van der Waals surface area contributed by atoms with Crippen molar-refractivity contribution in [3.8, 4) is 0 Å². The lowest BCUT2D eigenvalue weighted by Gasteiger charge is -2.37. The second kappa shape index (κ2) is 3.65. The number of hydrogen-bond donors (Lipinski definition) is 5. The van der Waals surface area contributed by atoms with Crippen LogP contribution in [-0.2, 0) is 4.74 Å². The second-order valence-corrected chi connectivity index (χ2v) is 1.88. The maximum Gasteiger partial charge on any atom is 0.213 e. The topological polar surface area (TPSA) is 110 Å². The van der Waals surface area contributed by atoms with Crippen molar-refractivity contribution in [3.63, 3.8) is 0 Å². The van der Waals surface area contributed by atoms with Crippen molar-refractivity contribution in [1.29, 1.82) is 1.43 Å². The molecule has 0 radical (unpaired) electrons. The molecule has 0 bridgehead atoms. The van der Waals surface area contributed by atoms with Gasteiger partial charge in [0.2, 0.25) is 1.43 Å². The Balaban J connectivity index is 3.64. The predicted octanol–water partition coefficient (Wildman–Crippen LogP) is -3.22. The summed E-state index contributed by atoms with van der Waals surface area (Å²) in [6.07, 6.45) is -20.0. The number of rotatable bonds is 2. The molecule has 5 atom stereocenters. The van der Waals surface area contributed by atoms with Gasteiger partial charge in [0, 0.05) is 0 Å². The molecule has 5 N–H and O–H groups in total. The Morgan fingerprint density at radius 3 is 2.50 bits per heavy atom. The van der Waals surface area contributed by atoms with Gasteiger partial charge >= 0.3 is 0 Å². The van der Waals surface area contributed by atoms with Gasteiger partial charge in [0.05, 0.1) is 16.2 Å². The monoisotopic (exact) mass is 194 g/mol. The lowest BCUT2D eigenvalue weighted by atomic mass is 10.9. The van der Waals surface area contributed by atoms with Crippen LogP contribution in [0.1, 0.15) is 9.60 Å². The lowest BCUT2D eigenvalue weighted by molar-refractivity contribution is -0.286. The molecule has 6 nitrogen and oxygen atoms in total. The van der Waals surface area contributed by atoms with Gasteiger partial charge in [-0.1, -0.05) is 0 Å². The molecular weight excluding hydrogens is 174 g/mol. The Hall–Kier alpha value is -0.240. The number of hydrogen-bond acceptors (Lipinski definition) is 6. The third kappa shape index (κ3) is 1.58. The lowest BCUT2D eigenvalue weighted by Crippen LogP contribution is -2.58. The molecule has 6 heteroatoms. The highest BCUT2D eigenvalue weighted by Crippen LogP contribution is 2.18. The SMILES string of the molecule is [2H]O[13C@@]1([2H])O[13C]([2H])([13C]([2H])([2H])O)[13C@@]([2H])(O)[13C@@]([2H])(O)[13C]1([2H])O. The summed E-state index contributed by atoms with van der Waals surface area (Å²) in [5.74, 6) is 0. The summed E-state index contributed by atoms with van der Waals surface area (Å²) in [5.41, 5.74) is 0. The molecule has 0 amide bonds. The van der Waals surface area contributed by atoms with Crippen LogP contribution < -0.4 is 0 Å². The molecule has 72 valence electrons. The summed E-state index contributed by atoms with van der Waals surface area (Å²) < 4.78 is 60.9. The molecular formula is C6H12O6. The minimum Gasteiger partial charge on any atom is -0.394 e. The molecule has 2 unspecified atom stereocenters. The summed E-state index contributed by atoms with van der Waals surface area (Å²) in [6.45, 7) is -3.93. The van der Waals surface area contributed by atoms with Crippen LogP contribution in [0.3, 0.4) is 0 Å². The number of ether oxygens (including phenoxy) is 1. The Kier molecular flexibility index (Phi) is 1.06. The zero-order chi connectivity index (χ0) is 16.4. The van der Waals surface area contributed by atoms with Gasteiger partial charge in [-0.2, -0.15) is 0 Å². The van der Waals surface area contributed by atoms with Crippen molar-refractivity contribution in [3.05, 3.63) is 0 Å². The first-order chi connectivity index (χ1) is 8.52. The Morgan fingerprint density at radius 1 is 1.33 bits per heavy atom. The molecule has 1 aliphatic heterocycles. The van der Waals surface area contributed by atoms with E-state index < -0.39 is 37.1 Å². The van der Waals surface area contributed by atoms with Crippen LogP contribution in [0.25, 0.3) is 0 Å². The minimum absolute atomic E-state index is 3.50. The first-order valence-corrected chi connectivity index (χ1v) is 2.76. The average molecular weight is 194 g/mol. The summed E-state index contributed by atoms with van der Waals surface area (Å²) in [7, 11) is 0. The molecule has 0 aromatic carbocycles. The third-order valence-corrected chi connectivity index (χ3v) is 1.15. The summed E-state index contributed by atoms with van der Waals surface area (Å²) in [4.78, 5) is 0. The van der Waals surface area contributed by atoms with E-state index in [1.165, 1.54) is 0 Å². The van der Waals surface area contributed by atoms with E-state index in [0.717, 1.165) is 0 Å². The van der Waals surface area contributed by atoms with E-state index in [1.807, 2.05) is 0 Å². The van der Waals surface area contributed by atoms with Crippen molar-refractivity contribution in [2.75, 3.05) is 6.56 Å². The van der Waals surface area contributed by atoms with Crippen LogP contribution in [0, 0.1) is 0 Å². The summed E-state index contributed by atoms with van der Waals surface area (Å²) in [6, 6.07) is 0. The van der Waals surface area contributed by atoms with Crippen molar-refractivity contribution in [1.82, 2.24) is 0 Å². The van der Waals surface area contributed by atoms with Gasteiger partial charge in [0.25, 0.3) is 0 Å². The van der Waals surface area contributed by atoms with Gasteiger partial charge in [-0.3, -0.25) is 0 Å². The molecule has 0 aliphatic carbocycles. The van der Waals surface area contributed by atoms with Crippen LogP contribution in [0.2, 0.25) is 0 Å². The third-order valence-electron chi connectivity index (χ3n) is 1.15. The standard InChI is InChI=1S/C6H12O6/c7-1-2-3(8)4(9)5(10)6(11)12-2/h2-11H,1H2/t2?,3-,4-,5?,6+/m1/s1/i1+1D2,2+1D,3+1D,4+1D,5+1D,6+1D,11D. The first kappa shape index (κ1) is 3.49. The Bertz CT molecular complexity index is 409. The minimum atomic E-state index is -4.15. The molecule has 0 aromatic rings. The van der Waals surface area contributed by atoms with E-state index in [0.29, 0.717) is 0 Å². The molecule has 0 aromatic heterocycles. The smallest absolute Gasteiger partial charge is 0.213 e. The van der Waals surface area contributed by atoms with Crippen LogP contribution in [-0.4, -0.2) is 64.1 Å². The van der Waals surface area contributed by atoms with Gasteiger partial charge < -0.3 is 30.3 Å². The molecule has 12 heavy (non-hydrogen) atoms. The fourth-order valence-corrected chi connectivity index (χ4v) is 0.582. The fourth-order valence-electron chi connectivity index (χ4n) is 0.582. The highest BCUT2D eigenvalue weighted by Gasteiger charge is 2.42. The molecule has 1 aliphatic rings. The van der Waals surface area contributed by atoms with Gasteiger partial charge in [-0.25, -0.2) is 0 Å². The van der Waals surface area contributed by atoms with E-state index in [-0.39, 0.29) is 0 Å². The zero-order valence-corrected chi connectivity index (χ0v) is 5.61. The highest BCUT2D eigenvalue weighted by atomic mass is 16.8. The zero-order valence-electron chi connectivity index (χ0n) is 13.6. The van der Waals surface area contributed by atoms with E-state index in [4.69, 9.17) is 11.0 Å². The molecule has 1 heterocycles. The first-order valence-electron chi connectivity index (χ1n) is 6.67. The van der Waals surface area contributed by atoms with E-state index in [1.54, 1.807) is 0 Å². The van der Waals surface area contributed by atoms with Crippen molar-refractivity contribution < 1.29 is 39.9 Å². The average Bonchev–Trinajstić information content (AvgIpc) is 2.24. The molecule has 0 spiro atoms. The maximum absolute atomic E-state index is 9.66. The van der Waals surface area contributed by atoms with Crippen LogP contribution in [0.4, 0.5) is 0 Å². The summed E-state index contributed by atoms with van der Waals surface area (Å²) >= 11 is 0. The van der Waals surface area contributed by atoms with Crippen LogP contribution in [0.15, 0.2) is 0 Å². The maximum atomic E-state index is 9.66. The van der Waals surface area contributed by atoms with E-state index >= 15 is 0 Å². The highest BCUT2D eigenvalue weighted by molar-refractivity contribution is 4.87. The quantitative estimate of drug-likeness (QED) is 0.296. The van der Waals surface area contributed by atoms with Gasteiger partial charge in [-0.15, -0.1) is 0 Å². The van der Waals surface area contributed by atoms with Gasteiger partial charge in [0.1, 0.15) is 24.3 Å².